The van der Waals surface area contributed by atoms with Crippen molar-refractivity contribution in [2.75, 3.05) is 24.6 Å². The lowest BCUT2D eigenvalue weighted by atomic mass is 9.99. The first-order valence-electron chi connectivity index (χ1n) is 9.62. The number of ether oxygens (including phenoxy) is 2. The van der Waals surface area contributed by atoms with Gasteiger partial charge in [-0.25, -0.2) is 9.27 Å². The summed E-state index contributed by atoms with van der Waals surface area (Å²) in [5.41, 5.74) is 1.98. The Hall–Kier alpha value is -2.54. The van der Waals surface area contributed by atoms with Gasteiger partial charge in [-0.1, -0.05) is 24.3 Å². The molecule has 30 heavy (non-hydrogen) atoms. The molecule has 2 unspecified atom stereocenters. The van der Waals surface area contributed by atoms with Crippen LogP contribution >= 0.6 is 11.6 Å². The number of para-hydroxylation sites is 1. The Morgan fingerprint density at radius 3 is 2.57 bits per heavy atom. The summed E-state index contributed by atoms with van der Waals surface area (Å²) in [6.45, 7) is 0.584. The molecule has 4 rings (SSSR count). The van der Waals surface area contributed by atoms with Crippen molar-refractivity contribution in [1.29, 1.82) is 0 Å². The van der Waals surface area contributed by atoms with E-state index in [9.17, 15) is 4.21 Å². The number of halogens is 1. The summed E-state index contributed by atoms with van der Waals surface area (Å²) in [5, 5.41) is 1.69. The van der Waals surface area contributed by atoms with E-state index in [4.69, 9.17) is 25.4 Å². The molecule has 156 valence electrons. The van der Waals surface area contributed by atoms with Gasteiger partial charge in [-0.2, -0.15) is 4.28 Å². The molecule has 0 radical (unpaired) electrons. The summed E-state index contributed by atoms with van der Waals surface area (Å²) >= 11 is 4.30. The molecule has 1 aliphatic rings. The van der Waals surface area contributed by atoms with Gasteiger partial charge in [-0.15, -0.1) is 11.6 Å². The maximum atomic E-state index is 12.9. The maximum absolute atomic E-state index is 12.9. The number of methoxy groups -OCH3 is 1. The quantitative estimate of drug-likeness (QED) is 0.419. The van der Waals surface area contributed by atoms with Crippen molar-refractivity contribution in [3.63, 3.8) is 0 Å². The van der Waals surface area contributed by atoms with E-state index in [1.807, 2.05) is 54.6 Å². The van der Waals surface area contributed by atoms with Gasteiger partial charge in [0.1, 0.15) is 17.2 Å². The molecule has 0 saturated heterocycles. The van der Waals surface area contributed by atoms with Gasteiger partial charge in [0.2, 0.25) is 11.1 Å². The predicted molar refractivity (Wildman–Crippen MR) is 119 cm³/mol. The van der Waals surface area contributed by atoms with Crippen LogP contribution in [0.1, 0.15) is 17.9 Å². The van der Waals surface area contributed by atoms with Gasteiger partial charge in [0.25, 0.3) is 0 Å². The highest BCUT2D eigenvalue weighted by atomic mass is 35.5. The second kappa shape index (κ2) is 9.51. The third-order valence-electron chi connectivity index (χ3n) is 4.92. The molecule has 0 fully saturated rings. The number of alkyl halides is 1. The van der Waals surface area contributed by atoms with Gasteiger partial charge in [0, 0.05) is 11.8 Å². The van der Waals surface area contributed by atoms with Crippen LogP contribution in [0.15, 0.2) is 77.7 Å². The summed E-state index contributed by atoms with van der Waals surface area (Å²) in [4.78, 5) is 0.527. The molecule has 0 bridgehead atoms. The van der Waals surface area contributed by atoms with Crippen molar-refractivity contribution in [1.82, 2.24) is 0 Å². The molecule has 2 atom stereocenters. The number of rotatable bonds is 8. The molecule has 0 saturated carbocycles. The first-order chi connectivity index (χ1) is 14.7. The number of fused-ring (bicyclic) bond motifs is 1. The fourth-order valence-electron chi connectivity index (χ4n) is 3.45. The Bertz CT molecular complexity index is 1030. The van der Waals surface area contributed by atoms with E-state index < -0.39 is 11.1 Å². The highest BCUT2D eigenvalue weighted by Gasteiger charge is 2.31. The zero-order chi connectivity index (χ0) is 20.9. The minimum Gasteiger partial charge on any atom is -0.497 e. The van der Waals surface area contributed by atoms with E-state index in [2.05, 4.69) is 0 Å². The fourth-order valence-corrected chi connectivity index (χ4v) is 4.51. The molecule has 0 amide bonds. The minimum absolute atomic E-state index is 0.192. The SMILES string of the molecule is COc1ccc2c(c1)C(CCCl)CN2OS(=O)c1cccc(Oc2ccccc2)c1. The second-order valence-corrected chi connectivity index (χ2v) is 8.33. The molecule has 7 heteroatoms. The normalized spacial score (nSPS) is 16.2. The number of hydroxylamine groups is 1. The minimum atomic E-state index is -1.69. The summed E-state index contributed by atoms with van der Waals surface area (Å²) in [6.07, 6.45) is 0.800. The van der Waals surface area contributed by atoms with Crippen molar-refractivity contribution in [3.05, 3.63) is 78.4 Å². The first kappa shape index (κ1) is 20.7. The van der Waals surface area contributed by atoms with Crippen LogP contribution in [0.4, 0.5) is 5.69 Å². The summed E-state index contributed by atoms with van der Waals surface area (Å²) in [7, 11) is 1.64. The lowest BCUT2D eigenvalue weighted by Crippen LogP contribution is -2.23. The molecule has 3 aromatic rings. The van der Waals surface area contributed by atoms with Crippen LogP contribution in [-0.4, -0.2) is 23.7 Å². The smallest absolute Gasteiger partial charge is 0.212 e. The molecule has 1 heterocycles. The fraction of sp³-hybridized carbons (Fsp3) is 0.217. The molecule has 0 N–H and O–H groups in total. The summed E-state index contributed by atoms with van der Waals surface area (Å²) in [6, 6.07) is 22.4. The molecular formula is C23H22ClNO4S. The van der Waals surface area contributed by atoms with Crippen molar-refractivity contribution >= 4 is 28.4 Å². The number of benzene rings is 3. The molecular weight excluding hydrogens is 422 g/mol. The maximum Gasteiger partial charge on any atom is 0.212 e. The van der Waals surface area contributed by atoms with Gasteiger partial charge in [0.15, 0.2) is 0 Å². The molecule has 0 spiro atoms. The third kappa shape index (κ3) is 4.61. The number of hydrogen-bond donors (Lipinski definition) is 0. The van der Waals surface area contributed by atoms with Crippen LogP contribution in [-0.2, 0) is 15.4 Å². The molecule has 1 aliphatic heterocycles. The van der Waals surface area contributed by atoms with Gasteiger partial charge in [-0.05, 0) is 60.5 Å². The highest BCUT2D eigenvalue weighted by molar-refractivity contribution is 7.80. The predicted octanol–water partition coefficient (Wildman–Crippen LogP) is 5.67. The van der Waals surface area contributed by atoms with Crippen molar-refractivity contribution in [3.8, 4) is 17.2 Å². The van der Waals surface area contributed by atoms with E-state index >= 15 is 0 Å². The second-order valence-electron chi connectivity index (χ2n) is 6.86. The highest BCUT2D eigenvalue weighted by Crippen LogP contribution is 2.41. The Labute approximate surface area is 183 Å². The molecule has 3 aromatic carbocycles. The monoisotopic (exact) mass is 443 g/mol. The van der Waals surface area contributed by atoms with Gasteiger partial charge >= 0.3 is 0 Å². The molecule has 0 aliphatic carbocycles. The van der Waals surface area contributed by atoms with Crippen LogP contribution in [0.2, 0.25) is 0 Å². The van der Waals surface area contributed by atoms with E-state index in [1.54, 1.807) is 30.4 Å². The van der Waals surface area contributed by atoms with Crippen LogP contribution in [0.3, 0.4) is 0 Å². The Kier molecular flexibility index (Phi) is 6.57. The zero-order valence-electron chi connectivity index (χ0n) is 16.5. The molecule has 5 nitrogen and oxygen atoms in total. The lowest BCUT2D eigenvalue weighted by molar-refractivity contribution is 0.309. The van der Waals surface area contributed by atoms with E-state index in [-0.39, 0.29) is 5.92 Å². The van der Waals surface area contributed by atoms with Crippen molar-refractivity contribution in [2.45, 2.75) is 17.2 Å². The van der Waals surface area contributed by atoms with Gasteiger partial charge in [-0.3, -0.25) is 0 Å². The largest absolute Gasteiger partial charge is 0.497 e. The zero-order valence-corrected chi connectivity index (χ0v) is 18.1. The average Bonchev–Trinajstić information content (AvgIpc) is 3.11. The summed E-state index contributed by atoms with van der Waals surface area (Å²) < 4.78 is 30.0. The van der Waals surface area contributed by atoms with E-state index in [1.165, 1.54) is 0 Å². The van der Waals surface area contributed by atoms with E-state index in [0.29, 0.717) is 28.8 Å². The molecule has 0 aromatic heterocycles. The number of hydrogen-bond acceptors (Lipinski definition) is 5. The van der Waals surface area contributed by atoms with E-state index in [0.717, 1.165) is 23.4 Å². The average molecular weight is 444 g/mol. The van der Waals surface area contributed by atoms with Gasteiger partial charge in [0.05, 0.1) is 24.2 Å². The summed E-state index contributed by atoms with van der Waals surface area (Å²) in [5.74, 6) is 2.83. The number of anilines is 1. The lowest BCUT2D eigenvalue weighted by Gasteiger charge is -2.18. The topological polar surface area (TPSA) is 48.0 Å². The standard InChI is InChI=1S/C23H22ClNO4S/c1-27-19-10-11-23-22(15-19)17(12-13-24)16-25(23)29-30(26)21-9-5-8-20(14-21)28-18-6-3-2-4-7-18/h2-11,14-15,17H,12-13,16H2,1H3. The Balaban J connectivity index is 1.51. The van der Waals surface area contributed by atoms with Crippen LogP contribution < -0.4 is 14.5 Å². The van der Waals surface area contributed by atoms with Crippen LogP contribution in [0.5, 0.6) is 17.2 Å². The van der Waals surface area contributed by atoms with Crippen LogP contribution in [0.25, 0.3) is 0 Å². The Morgan fingerprint density at radius 2 is 1.80 bits per heavy atom. The Morgan fingerprint density at radius 1 is 1.00 bits per heavy atom. The third-order valence-corrected chi connectivity index (χ3v) is 6.09. The van der Waals surface area contributed by atoms with Crippen molar-refractivity contribution < 1.29 is 18.0 Å². The number of nitrogens with zero attached hydrogens (tertiary/aromatic N) is 1. The van der Waals surface area contributed by atoms with Crippen molar-refractivity contribution in [2.24, 2.45) is 0 Å². The van der Waals surface area contributed by atoms with Gasteiger partial charge < -0.3 is 9.47 Å². The van der Waals surface area contributed by atoms with Crippen LogP contribution in [0, 0.1) is 0 Å². The first-order valence-corrected chi connectivity index (χ1v) is 11.2.